The van der Waals surface area contributed by atoms with Crippen molar-refractivity contribution in [3.8, 4) is 10.7 Å². The van der Waals surface area contributed by atoms with Crippen LogP contribution in [-0.4, -0.2) is 40.7 Å². The number of rotatable bonds is 3. The molecule has 0 radical (unpaired) electrons. The molecule has 4 heterocycles. The van der Waals surface area contributed by atoms with Crippen molar-refractivity contribution in [3.63, 3.8) is 0 Å². The maximum atomic E-state index is 12.6. The van der Waals surface area contributed by atoms with Crippen molar-refractivity contribution in [2.24, 2.45) is 0 Å². The average Bonchev–Trinajstić information content (AvgIpc) is 3.35. The highest BCUT2D eigenvalue weighted by molar-refractivity contribution is 7.13. The molecule has 1 aliphatic heterocycles. The van der Waals surface area contributed by atoms with Crippen LogP contribution in [0.2, 0.25) is 0 Å². The first-order valence-corrected chi connectivity index (χ1v) is 7.99. The molecule has 0 bridgehead atoms. The molecule has 0 aliphatic carbocycles. The average molecular weight is 331 g/mol. The summed E-state index contributed by atoms with van der Waals surface area (Å²) in [5, 5.41) is 5.95. The van der Waals surface area contributed by atoms with Crippen LogP contribution in [0, 0.1) is 0 Å². The molecule has 3 aromatic rings. The standard InChI is InChI=1S/C15H13N3O4S/c19-15(10-3-5-20-8-10)18-4-6-21-9-11(18)14-16-13(17-22-14)12-2-1-7-23-12/h1-3,5,7-8,11H,4,6,9H2/t11-/m1/s1. The Morgan fingerprint density at radius 1 is 1.39 bits per heavy atom. The van der Waals surface area contributed by atoms with Crippen LogP contribution >= 0.6 is 11.3 Å². The lowest BCUT2D eigenvalue weighted by Gasteiger charge is -2.32. The molecule has 0 spiro atoms. The summed E-state index contributed by atoms with van der Waals surface area (Å²) in [5.74, 6) is 0.768. The molecule has 23 heavy (non-hydrogen) atoms. The number of morpholine rings is 1. The van der Waals surface area contributed by atoms with E-state index in [1.54, 1.807) is 11.0 Å². The van der Waals surface area contributed by atoms with Gasteiger partial charge in [-0.3, -0.25) is 4.79 Å². The number of carbonyl (C=O) groups excluding carboxylic acids is 1. The van der Waals surface area contributed by atoms with Crippen LogP contribution in [0.1, 0.15) is 22.3 Å². The van der Waals surface area contributed by atoms with Crippen LogP contribution < -0.4 is 0 Å². The molecule has 0 unspecified atom stereocenters. The molecular formula is C15H13N3O4S. The van der Waals surface area contributed by atoms with Gasteiger partial charge in [-0.05, 0) is 17.5 Å². The lowest BCUT2D eigenvalue weighted by atomic mass is 10.2. The third kappa shape index (κ3) is 2.66. The second kappa shape index (κ2) is 5.98. The Balaban J connectivity index is 1.62. The zero-order valence-corrected chi connectivity index (χ0v) is 12.9. The molecule has 1 fully saturated rings. The van der Waals surface area contributed by atoms with Gasteiger partial charge in [0.15, 0.2) is 0 Å². The van der Waals surface area contributed by atoms with Gasteiger partial charge < -0.3 is 18.6 Å². The molecule has 1 atom stereocenters. The summed E-state index contributed by atoms with van der Waals surface area (Å²) in [5.41, 5.74) is 0.495. The lowest BCUT2D eigenvalue weighted by molar-refractivity contribution is -0.0119. The van der Waals surface area contributed by atoms with Gasteiger partial charge in [-0.2, -0.15) is 4.98 Å². The molecule has 3 aromatic heterocycles. The molecular weight excluding hydrogens is 318 g/mol. The summed E-state index contributed by atoms with van der Waals surface area (Å²) in [6.07, 6.45) is 2.91. The maximum absolute atomic E-state index is 12.6. The first-order valence-electron chi connectivity index (χ1n) is 7.11. The summed E-state index contributed by atoms with van der Waals surface area (Å²) >= 11 is 1.53. The SMILES string of the molecule is O=C(c1ccoc1)N1CCOC[C@@H]1c1nc(-c2cccs2)no1. The maximum Gasteiger partial charge on any atom is 0.257 e. The molecule has 4 rings (SSSR count). The van der Waals surface area contributed by atoms with Gasteiger partial charge in [-0.1, -0.05) is 11.2 Å². The molecule has 1 saturated heterocycles. The molecule has 1 aliphatic rings. The summed E-state index contributed by atoms with van der Waals surface area (Å²) in [6.45, 7) is 1.27. The van der Waals surface area contributed by atoms with E-state index in [-0.39, 0.29) is 5.91 Å². The van der Waals surface area contributed by atoms with E-state index >= 15 is 0 Å². The fourth-order valence-corrected chi connectivity index (χ4v) is 3.13. The lowest BCUT2D eigenvalue weighted by Crippen LogP contribution is -2.43. The number of amides is 1. The van der Waals surface area contributed by atoms with Crippen molar-refractivity contribution in [1.82, 2.24) is 15.0 Å². The van der Waals surface area contributed by atoms with Crippen molar-refractivity contribution in [1.29, 1.82) is 0 Å². The van der Waals surface area contributed by atoms with E-state index < -0.39 is 6.04 Å². The number of ether oxygens (including phenoxy) is 1. The van der Waals surface area contributed by atoms with Crippen molar-refractivity contribution in [2.75, 3.05) is 19.8 Å². The van der Waals surface area contributed by atoms with Crippen molar-refractivity contribution < 1.29 is 18.5 Å². The Labute approximate surface area is 135 Å². The minimum Gasteiger partial charge on any atom is -0.472 e. The number of furan rings is 1. The highest BCUT2D eigenvalue weighted by atomic mass is 32.1. The van der Waals surface area contributed by atoms with Crippen molar-refractivity contribution >= 4 is 17.2 Å². The van der Waals surface area contributed by atoms with Gasteiger partial charge in [0.1, 0.15) is 12.3 Å². The summed E-state index contributed by atoms with van der Waals surface area (Å²) in [7, 11) is 0. The minimum atomic E-state index is -0.396. The Morgan fingerprint density at radius 2 is 2.35 bits per heavy atom. The highest BCUT2D eigenvalue weighted by Gasteiger charge is 2.34. The first-order chi connectivity index (χ1) is 11.3. The minimum absolute atomic E-state index is 0.136. The van der Waals surface area contributed by atoms with Crippen LogP contribution in [-0.2, 0) is 4.74 Å². The van der Waals surface area contributed by atoms with E-state index in [0.29, 0.717) is 37.0 Å². The smallest absolute Gasteiger partial charge is 0.257 e. The number of carbonyl (C=O) groups is 1. The molecule has 0 aromatic carbocycles. The topological polar surface area (TPSA) is 81.6 Å². The predicted molar refractivity (Wildman–Crippen MR) is 80.9 cm³/mol. The highest BCUT2D eigenvalue weighted by Crippen LogP contribution is 2.28. The molecule has 0 N–H and O–H groups in total. The van der Waals surface area contributed by atoms with E-state index in [0.717, 1.165) is 4.88 Å². The van der Waals surface area contributed by atoms with Crippen LogP contribution in [0.15, 0.2) is 45.0 Å². The van der Waals surface area contributed by atoms with Crippen LogP contribution in [0.25, 0.3) is 10.7 Å². The fraction of sp³-hybridized carbons (Fsp3) is 0.267. The zero-order chi connectivity index (χ0) is 15.6. The van der Waals surface area contributed by atoms with Crippen molar-refractivity contribution in [2.45, 2.75) is 6.04 Å². The van der Waals surface area contributed by atoms with E-state index in [2.05, 4.69) is 10.1 Å². The second-order valence-corrected chi connectivity index (χ2v) is 5.98. The summed E-state index contributed by atoms with van der Waals surface area (Å²) in [4.78, 5) is 19.6. The molecule has 118 valence electrons. The number of nitrogens with zero attached hydrogens (tertiary/aromatic N) is 3. The van der Waals surface area contributed by atoms with E-state index in [1.165, 1.54) is 23.9 Å². The summed E-state index contributed by atoms with van der Waals surface area (Å²) < 4.78 is 15.9. The number of thiophene rings is 1. The van der Waals surface area contributed by atoms with E-state index in [4.69, 9.17) is 13.7 Å². The third-order valence-corrected chi connectivity index (χ3v) is 4.49. The largest absolute Gasteiger partial charge is 0.472 e. The molecule has 0 saturated carbocycles. The van der Waals surface area contributed by atoms with Gasteiger partial charge in [0.05, 0.1) is 29.9 Å². The van der Waals surface area contributed by atoms with Crippen LogP contribution in [0.5, 0.6) is 0 Å². The van der Waals surface area contributed by atoms with E-state index in [9.17, 15) is 4.79 Å². The Bertz CT molecular complexity index is 782. The van der Waals surface area contributed by atoms with Gasteiger partial charge in [-0.15, -0.1) is 11.3 Å². The predicted octanol–water partition coefficient (Wildman–Crippen LogP) is 2.60. The molecule has 1 amide bonds. The summed E-state index contributed by atoms with van der Waals surface area (Å²) in [6, 6.07) is 5.09. The number of hydrogen-bond donors (Lipinski definition) is 0. The quantitative estimate of drug-likeness (QED) is 0.734. The van der Waals surface area contributed by atoms with E-state index in [1.807, 2.05) is 17.5 Å². The third-order valence-electron chi connectivity index (χ3n) is 3.63. The van der Waals surface area contributed by atoms with Gasteiger partial charge >= 0.3 is 0 Å². The zero-order valence-electron chi connectivity index (χ0n) is 12.0. The van der Waals surface area contributed by atoms with Crippen LogP contribution in [0.4, 0.5) is 0 Å². The number of hydrogen-bond acceptors (Lipinski definition) is 7. The number of aromatic nitrogens is 2. The monoisotopic (exact) mass is 331 g/mol. The van der Waals surface area contributed by atoms with Crippen LogP contribution in [0.3, 0.4) is 0 Å². The Morgan fingerprint density at radius 3 is 3.13 bits per heavy atom. The van der Waals surface area contributed by atoms with Gasteiger partial charge in [0, 0.05) is 6.54 Å². The van der Waals surface area contributed by atoms with Gasteiger partial charge in [0.2, 0.25) is 5.82 Å². The molecule has 8 heteroatoms. The normalized spacial score (nSPS) is 18.3. The molecule has 7 nitrogen and oxygen atoms in total. The Kier molecular flexibility index (Phi) is 3.68. The van der Waals surface area contributed by atoms with Gasteiger partial charge in [0.25, 0.3) is 11.8 Å². The van der Waals surface area contributed by atoms with Crippen molar-refractivity contribution in [3.05, 3.63) is 47.6 Å². The Hall–Kier alpha value is -2.45. The van der Waals surface area contributed by atoms with Gasteiger partial charge in [-0.25, -0.2) is 0 Å². The second-order valence-electron chi connectivity index (χ2n) is 5.03. The first kappa shape index (κ1) is 14.2. The fourth-order valence-electron chi connectivity index (χ4n) is 2.48.